The second kappa shape index (κ2) is 8.70. The number of hydrogen-bond donors (Lipinski definition) is 2. The minimum absolute atomic E-state index is 0.0818. The lowest BCUT2D eigenvalue weighted by atomic mass is 9.82. The van der Waals surface area contributed by atoms with Crippen LogP contribution in [0.2, 0.25) is 0 Å². The van der Waals surface area contributed by atoms with Crippen molar-refractivity contribution in [3.8, 4) is 0 Å². The van der Waals surface area contributed by atoms with E-state index in [1.54, 1.807) is 32.9 Å². The van der Waals surface area contributed by atoms with Gasteiger partial charge >= 0.3 is 5.97 Å². The zero-order valence-electron chi connectivity index (χ0n) is 17.0. The summed E-state index contributed by atoms with van der Waals surface area (Å²) >= 11 is 1.39. The molecule has 0 radical (unpaired) electrons. The fourth-order valence-corrected chi connectivity index (χ4v) is 3.90. The second-order valence-corrected chi connectivity index (χ2v) is 8.22. The van der Waals surface area contributed by atoms with Crippen LogP contribution in [0, 0.1) is 10.1 Å². The molecule has 3 rings (SSSR count). The highest BCUT2D eigenvalue weighted by Crippen LogP contribution is 2.40. The Morgan fingerprint density at radius 1 is 1.33 bits per heavy atom. The van der Waals surface area contributed by atoms with Gasteiger partial charge in [0.05, 0.1) is 28.1 Å². The van der Waals surface area contributed by atoms with Crippen LogP contribution >= 0.6 is 11.8 Å². The zero-order chi connectivity index (χ0) is 22.0. The number of thioether (sulfide) groups is 1. The minimum Gasteiger partial charge on any atom is -0.460 e. The van der Waals surface area contributed by atoms with Gasteiger partial charge in [0, 0.05) is 17.8 Å². The summed E-state index contributed by atoms with van der Waals surface area (Å²) in [4.78, 5) is 43.7. The molecule has 1 aliphatic heterocycles. The monoisotopic (exact) mass is 430 g/mol. The van der Waals surface area contributed by atoms with Crippen molar-refractivity contribution in [1.82, 2.24) is 9.97 Å². The molecule has 1 aromatic carbocycles. The Balaban J connectivity index is 2.20. The fraction of sp³-hybridized carbons (Fsp3) is 0.350. The Bertz CT molecular complexity index is 1080. The molecule has 158 valence electrons. The first-order chi connectivity index (χ1) is 14.2. The Hall–Kier alpha value is -3.14. The zero-order valence-corrected chi connectivity index (χ0v) is 17.8. The third kappa shape index (κ3) is 4.23. The van der Waals surface area contributed by atoms with Gasteiger partial charge in [-0.3, -0.25) is 14.9 Å². The molecule has 0 unspecified atom stereocenters. The number of non-ortho nitro benzene ring substituents is 1. The van der Waals surface area contributed by atoms with Crippen LogP contribution in [-0.2, 0) is 9.53 Å². The molecule has 0 aliphatic carbocycles. The topological polar surface area (TPSA) is 127 Å². The number of aromatic amines is 1. The molecular weight excluding hydrogens is 408 g/mol. The molecule has 0 bridgehead atoms. The molecule has 0 amide bonds. The third-order valence-electron chi connectivity index (χ3n) is 4.50. The summed E-state index contributed by atoms with van der Waals surface area (Å²) in [5.74, 6) is -0.244. The van der Waals surface area contributed by atoms with E-state index in [0.29, 0.717) is 22.2 Å². The quantitative estimate of drug-likeness (QED) is 0.234. The molecule has 0 fully saturated rings. The Morgan fingerprint density at radius 2 is 2.00 bits per heavy atom. The lowest BCUT2D eigenvalue weighted by molar-refractivity contribution is -0.384. The van der Waals surface area contributed by atoms with Crippen LogP contribution in [0.4, 0.5) is 11.5 Å². The highest BCUT2D eigenvalue weighted by molar-refractivity contribution is 7.99. The summed E-state index contributed by atoms with van der Waals surface area (Å²) in [6.45, 7) is 7.14. The molecule has 10 heteroatoms. The lowest BCUT2D eigenvalue weighted by Crippen LogP contribution is -2.31. The molecule has 0 saturated carbocycles. The lowest BCUT2D eigenvalue weighted by Gasteiger charge is -2.29. The maximum absolute atomic E-state index is 13.0. The van der Waals surface area contributed by atoms with Crippen molar-refractivity contribution < 1.29 is 14.5 Å². The molecule has 2 aromatic rings. The van der Waals surface area contributed by atoms with Gasteiger partial charge in [-0.25, -0.2) is 9.78 Å². The van der Waals surface area contributed by atoms with E-state index in [1.165, 1.54) is 23.9 Å². The molecule has 1 aliphatic rings. The predicted octanol–water partition coefficient (Wildman–Crippen LogP) is 3.57. The molecular formula is C20H22N4O5S. The van der Waals surface area contributed by atoms with Crippen LogP contribution in [0.3, 0.4) is 0 Å². The largest absolute Gasteiger partial charge is 0.460 e. The number of aromatic nitrogens is 2. The summed E-state index contributed by atoms with van der Waals surface area (Å²) in [6.07, 6.45) is -0.351. The highest BCUT2D eigenvalue weighted by atomic mass is 32.2. The normalized spacial score (nSPS) is 15.6. The van der Waals surface area contributed by atoms with E-state index in [0.717, 1.165) is 5.75 Å². The van der Waals surface area contributed by atoms with Crippen LogP contribution in [0.1, 0.15) is 44.7 Å². The Morgan fingerprint density at radius 3 is 2.57 bits per heavy atom. The summed E-state index contributed by atoms with van der Waals surface area (Å²) in [7, 11) is 0. The molecule has 1 atom stereocenters. The number of esters is 1. The molecule has 30 heavy (non-hydrogen) atoms. The number of nitro groups is 1. The van der Waals surface area contributed by atoms with Gasteiger partial charge in [-0.2, -0.15) is 0 Å². The fourth-order valence-electron chi connectivity index (χ4n) is 3.31. The van der Waals surface area contributed by atoms with Gasteiger partial charge in [0.1, 0.15) is 5.82 Å². The van der Waals surface area contributed by atoms with Gasteiger partial charge in [-0.05, 0) is 32.1 Å². The third-order valence-corrected chi connectivity index (χ3v) is 5.26. The number of hydrogen-bond acceptors (Lipinski definition) is 8. The van der Waals surface area contributed by atoms with E-state index in [2.05, 4.69) is 15.3 Å². The number of nitro benzene ring substituents is 1. The van der Waals surface area contributed by atoms with Crippen LogP contribution in [0.15, 0.2) is 45.5 Å². The highest BCUT2D eigenvalue weighted by Gasteiger charge is 2.36. The van der Waals surface area contributed by atoms with Crippen molar-refractivity contribution in [2.75, 3.05) is 11.1 Å². The predicted molar refractivity (Wildman–Crippen MR) is 114 cm³/mol. The molecule has 0 saturated heterocycles. The number of nitrogens with one attached hydrogen (secondary N) is 2. The average Bonchev–Trinajstić information content (AvgIpc) is 2.66. The summed E-state index contributed by atoms with van der Waals surface area (Å²) in [5, 5.41) is 14.6. The number of benzene rings is 1. The Labute approximate surface area is 177 Å². The van der Waals surface area contributed by atoms with E-state index in [4.69, 9.17) is 4.74 Å². The van der Waals surface area contributed by atoms with Crippen LogP contribution < -0.4 is 10.9 Å². The summed E-state index contributed by atoms with van der Waals surface area (Å²) in [6, 6.07) is 5.78. The number of allylic oxidation sites excluding steroid dienone is 1. The second-order valence-electron chi connectivity index (χ2n) is 6.97. The standard InChI is InChI=1S/C20H22N4O5S/c1-5-30-20-22-17-16(18(25)23-20)15(12-6-8-13(9-7-12)24(27)28)14(11(4)21-17)19(26)29-10(2)3/h6-10,15H,5H2,1-4H3,(H2,21,22,23,25)/t15-/m0/s1. The number of anilines is 1. The van der Waals surface area contributed by atoms with Gasteiger partial charge in [-0.1, -0.05) is 30.8 Å². The first kappa shape index (κ1) is 21.6. The van der Waals surface area contributed by atoms with Crippen molar-refractivity contribution in [1.29, 1.82) is 0 Å². The summed E-state index contributed by atoms with van der Waals surface area (Å²) < 4.78 is 5.41. The number of carbonyl (C=O) groups is 1. The first-order valence-electron chi connectivity index (χ1n) is 9.43. The van der Waals surface area contributed by atoms with Crippen molar-refractivity contribution in [2.45, 2.75) is 44.9 Å². The number of nitrogens with zero attached hydrogens (tertiary/aromatic N) is 2. The SMILES string of the molecule is CCSc1nc2c(c(=O)[nH]1)[C@@H](c1ccc([N+](=O)[O-])cc1)C(C(=O)OC(C)C)=C(C)N2. The molecule has 0 spiro atoms. The van der Waals surface area contributed by atoms with E-state index < -0.39 is 16.8 Å². The van der Waals surface area contributed by atoms with Crippen molar-refractivity contribution in [3.63, 3.8) is 0 Å². The average molecular weight is 430 g/mol. The van der Waals surface area contributed by atoms with E-state index >= 15 is 0 Å². The van der Waals surface area contributed by atoms with Crippen molar-refractivity contribution in [3.05, 3.63) is 67.1 Å². The number of rotatable bonds is 6. The minimum atomic E-state index is -0.773. The van der Waals surface area contributed by atoms with E-state index in [9.17, 15) is 19.7 Å². The van der Waals surface area contributed by atoms with E-state index in [1.807, 2.05) is 6.92 Å². The van der Waals surface area contributed by atoms with Gasteiger partial charge in [0.2, 0.25) is 0 Å². The number of fused-ring (bicyclic) bond motifs is 1. The van der Waals surface area contributed by atoms with Crippen molar-refractivity contribution >= 4 is 29.2 Å². The van der Waals surface area contributed by atoms with Gasteiger partial charge in [-0.15, -0.1) is 0 Å². The molecule has 2 heterocycles. The molecule has 9 nitrogen and oxygen atoms in total. The van der Waals surface area contributed by atoms with Crippen LogP contribution in [-0.4, -0.2) is 32.7 Å². The van der Waals surface area contributed by atoms with Crippen LogP contribution in [0.5, 0.6) is 0 Å². The first-order valence-corrected chi connectivity index (χ1v) is 10.4. The van der Waals surface area contributed by atoms with Gasteiger partial charge in [0.15, 0.2) is 5.16 Å². The smallest absolute Gasteiger partial charge is 0.337 e. The summed E-state index contributed by atoms with van der Waals surface area (Å²) in [5.41, 5.74) is 1.15. The van der Waals surface area contributed by atoms with E-state index in [-0.39, 0.29) is 28.5 Å². The van der Waals surface area contributed by atoms with Crippen molar-refractivity contribution in [2.24, 2.45) is 0 Å². The maximum atomic E-state index is 13.0. The number of H-pyrrole nitrogens is 1. The molecule has 2 N–H and O–H groups in total. The molecule has 1 aromatic heterocycles. The number of ether oxygens (including phenoxy) is 1. The Kier molecular flexibility index (Phi) is 6.25. The number of carbonyl (C=O) groups excluding carboxylic acids is 1. The van der Waals surface area contributed by atoms with Gasteiger partial charge < -0.3 is 15.0 Å². The van der Waals surface area contributed by atoms with Gasteiger partial charge in [0.25, 0.3) is 11.2 Å². The maximum Gasteiger partial charge on any atom is 0.337 e. The van der Waals surface area contributed by atoms with Crippen LogP contribution in [0.25, 0.3) is 0 Å².